The lowest BCUT2D eigenvalue weighted by Gasteiger charge is -2.41. The highest BCUT2D eigenvalue weighted by Gasteiger charge is 2.51. The van der Waals surface area contributed by atoms with E-state index >= 15 is 0 Å². The normalized spacial score (nSPS) is 12.9. The fourth-order valence-electron chi connectivity index (χ4n) is 9.01. The molecule has 8 aromatic carbocycles. The number of aromatic nitrogens is 2. The van der Waals surface area contributed by atoms with Crippen molar-refractivity contribution in [1.29, 1.82) is 5.26 Å². The summed E-state index contributed by atoms with van der Waals surface area (Å²) in [5.41, 5.74) is 17.2. The molecule has 1 spiro atoms. The summed E-state index contributed by atoms with van der Waals surface area (Å²) in [5, 5.41) is 9.35. The zero-order valence-corrected chi connectivity index (χ0v) is 32.1. The topological polar surface area (TPSA) is 49.6 Å². The lowest BCUT2D eigenvalue weighted by Crippen LogP contribution is -2.32. The maximum absolute atomic E-state index is 9.35. The third kappa shape index (κ3) is 5.29. The smallest absolute Gasteiger partial charge is 0.160 e. The van der Waals surface area contributed by atoms with E-state index in [1.54, 1.807) is 0 Å². The molecular formula is C54H33N3S. The van der Waals surface area contributed by atoms with Crippen molar-refractivity contribution in [3.63, 3.8) is 0 Å². The molecule has 0 saturated carbocycles. The molecule has 0 fully saturated rings. The number of benzene rings is 8. The number of hydrogen-bond acceptors (Lipinski definition) is 4. The minimum atomic E-state index is -0.560. The van der Waals surface area contributed by atoms with Crippen molar-refractivity contribution in [1.82, 2.24) is 9.97 Å². The molecule has 0 saturated heterocycles. The monoisotopic (exact) mass is 755 g/mol. The molecular weight excluding hydrogens is 723 g/mol. The van der Waals surface area contributed by atoms with Crippen LogP contribution in [0.5, 0.6) is 0 Å². The van der Waals surface area contributed by atoms with Crippen LogP contribution in [0, 0.1) is 11.3 Å². The molecule has 2 aliphatic rings. The highest BCUT2D eigenvalue weighted by atomic mass is 32.2. The Balaban J connectivity index is 1.17. The third-order valence-corrected chi connectivity index (χ3v) is 12.9. The molecule has 9 aromatic rings. The van der Waals surface area contributed by atoms with Gasteiger partial charge in [0.25, 0.3) is 0 Å². The Morgan fingerprint density at radius 2 is 0.845 bits per heavy atom. The van der Waals surface area contributed by atoms with Crippen LogP contribution in [0.15, 0.2) is 210 Å². The van der Waals surface area contributed by atoms with Gasteiger partial charge in [0.1, 0.15) is 0 Å². The van der Waals surface area contributed by atoms with Crippen molar-refractivity contribution in [2.45, 2.75) is 15.2 Å². The largest absolute Gasteiger partial charge is 0.228 e. The molecule has 3 nitrogen and oxygen atoms in total. The van der Waals surface area contributed by atoms with Crippen molar-refractivity contribution in [2.75, 3.05) is 0 Å². The lowest BCUT2D eigenvalue weighted by atomic mass is 9.66. The van der Waals surface area contributed by atoms with E-state index in [2.05, 4.69) is 158 Å². The van der Waals surface area contributed by atoms with E-state index in [-0.39, 0.29) is 0 Å². The Kier molecular flexibility index (Phi) is 8.03. The summed E-state index contributed by atoms with van der Waals surface area (Å²) in [5.74, 6) is 0.699. The van der Waals surface area contributed by atoms with Crippen LogP contribution in [-0.4, -0.2) is 9.97 Å². The maximum Gasteiger partial charge on any atom is 0.160 e. The summed E-state index contributed by atoms with van der Waals surface area (Å²) in [4.78, 5) is 12.9. The van der Waals surface area contributed by atoms with Gasteiger partial charge in [0.05, 0.1) is 28.4 Å². The summed E-state index contributed by atoms with van der Waals surface area (Å²) < 4.78 is 0. The number of hydrogen-bond donors (Lipinski definition) is 0. The first-order valence-electron chi connectivity index (χ1n) is 19.5. The van der Waals surface area contributed by atoms with Crippen LogP contribution >= 0.6 is 11.8 Å². The van der Waals surface area contributed by atoms with Gasteiger partial charge >= 0.3 is 0 Å². The molecule has 0 radical (unpaired) electrons. The molecule has 2 heterocycles. The summed E-state index contributed by atoms with van der Waals surface area (Å²) in [7, 11) is 0. The Bertz CT molecular complexity index is 2970. The van der Waals surface area contributed by atoms with Gasteiger partial charge in [-0.25, -0.2) is 9.97 Å². The van der Waals surface area contributed by atoms with E-state index in [9.17, 15) is 5.26 Å². The number of fused-ring (bicyclic) bond motifs is 9. The minimum Gasteiger partial charge on any atom is -0.228 e. The molecule has 0 N–H and O–H groups in total. The van der Waals surface area contributed by atoms with Gasteiger partial charge in [-0.3, -0.25) is 0 Å². The first kappa shape index (κ1) is 34.0. The predicted molar refractivity (Wildman–Crippen MR) is 235 cm³/mol. The zero-order chi connectivity index (χ0) is 38.6. The SMILES string of the molecule is N#Cc1ccc(-c2ccc(-c3cccc4c3Sc3c(-c5cc(-c6ccccc6)nc(-c6ccccc6)n5)cccc3C43c4ccccc4-c4ccccc43)cc2)cc1. The second-order valence-electron chi connectivity index (χ2n) is 14.8. The van der Waals surface area contributed by atoms with Crippen LogP contribution in [0.25, 0.3) is 67.3 Å². The number of nitrogens with zero attached hydrogens (tertiary/aromatic N) is 3. The summed E-state index contributed by atoms with van der Waals surface area (Å²) in [6.45, 7) is 0. The standard InChI is InChI=1S/C54H33N3S/c55-34-35-25-27-36(28-26-35)37-29-31-38(32-30-37)41-19-11-23-47-51(41)58-52-44(50-33-49(39-13-3-1-4-14-39)56-53(57-50)40-15-5-2-6-16-40)20-12-24-48(52)54(47)45-21-9-7-17-42(45)43-18-8-10-22-46(43)54/h1-33H. The fraction of sp³-hybridized carbons (Fsp3) is 0.0185. The van der Waals surface area contributed by atoms with Crippen molar-refractivity contribution >= 4 is 11.8 Å². The molecule has 4 heteroatoms. The first-order valence-corrected chi connectivity index (χ1v) is 20.3. The Labute approximate surface area is 342 Å². The Morgan fingerprint density at radius 1 is 0.379 bits per heavy atom. The maximum atomic E-state index is 9.35. The molecule has 0 unspecified atom stereocenters. The Morgan fingerprint density at radius 3 is 1.47 bits per heavy atom. The predicted octanol–water partition coefficient (Wildman–Crippen LogP) is 13.5. The van der Waals surface area contributed by atoms with Gasteiger partial charge in [-0.15, -0.1) is 0 Å². The summed E-state index contributed by atoms with van der Waals surface area (Å²) in [6.07, 6.45) is 0. The highest BCUT2D eigenvalue weighted by molar-refractivity contribution is 7.99. The molecule has 58 heavy (non-hydrogen) atoms. The summed E-state index contributed by atoms with van der Waals surface area (Å²) in [6, 6.07) is 73.2. The van der Waals surface area contributed by atoms with E-state index in [0.717, 1.165) is 44.8 Å². The highest BCUT2D eigenvalue weighted by Crippen LogP contribution is 2.64. The molecule has 0 amide bonds. The molecule has 1 aliphatic heterocycles. The van der Waals surface area contributed by atoms with Crippen LogP contribution in [0.3, 0.4) is 0 Å². The average molecular weight is 756 g/mol. The number of rotatable bonds is 5. The van der Waals surface area contributed by atoms with Crippen LogP contribution in [-0.2, 0) is 5.41 Å². The van der Waals surface area contributed by atoms with Gasteiger partial charge in [0, 0.05) is 26.5 Å². The Hall–Kier alpha value is -7.32. The van der Waals surface area contributed by atoms with Crippen molar-refractivity contribution < 1.29 is 0 Å². The van der Waals surface area contributed by atoms with E-state index in [1.165, 1.54) is 48.7 Å². The fourth-order valence-corrected chi connectivity index (χ4v) is 10.5. The molecule has 0 atom stereocenters. The average Bonchev–Trinajstić information content (AvgIpc) is 3.60. The van der Waals surface area contributed by atoms with E-state index in [1.807, 2.05) is 60.3 Å². The van der Waals surface area contributed by atoms with Gasteiger partial charge in [-0.1, -0.05) is 194 Å². The molecule has 11 rings (SSSR count). The third-order valence-electron chi connectivity index (χ3n) is 11.6. The van der Waals surface area contributed by atoms with Crippen molar-refractivity contribution in [3.8, 4) is 73.4 Å². The second-order valence-corrected chi connectivity index (χ2v) is 15.8. The molecule has 270 valence electrons. The van der Waals surface area contributed by atoms with Crippen LogP contribution in [0.4, 0.5) is 0 Å². The molecule has 1 aliphatic carbocycles. The van der Waals surface area contributed by atoms with Gasteiger partial charge in [-0.05, 0) is 73.8 Å². The van der Waals surface area contributed by atoms with Crippen LogP contribution in [0.1, 0.15) is 27.8 Å². The second kappa shape index (κ2) is 13.7. The summed E-state index contributed by atoms with van der Waals surface area (Å²) >= 11 is 1.85. The minimum absolute atomic E-state index is 0.560. The van der Waals surface area contributed by atoms with Crippen LogP contribution in [0.2, 0.25) is 0 Å². The molecule has 1 aromatic heterocycles. The van der Waals surface area contributed by atoms with Gasteiger partial charge in [0.2, 0.25) is 0 Å². The van der Waals surface area contributed by atoms with Crippen LogP contribution < -0.4 is 0 Å². The number of nitriles is 1. The van der Waals surface area contributed by atoms with E-state index < -0.39 is 5.41 Å². The molecule has 0 bridgehead atoms. The van der Waals surface area contributed by atoms with Gasteiger partial charge < -0.3 is 0 Å². The quantitative estimate of drug-likeness (QED) is 0.175. The first-order chi connectivity index (χ1) is 28.7. The van der Waals surface area contributed by atoms with Gasteiger partial charge in [-0.2, -0.15) is 5.26 Å². The van der Waals surface area contributed by atoms with E-state index in [0.29, 0.717) is 11.4 Å². The lowest BCUT2D eigenvalue weighted by molar-refractivity contribution is 0.724. The van der Waals surface area contributed by atoms with Crippen molar-refractivity contribution in [2.24, 2.45) is 0 Å². The van der Waals surface area contributed by atoms with Gasteiger partial charge in [0.15, 0.2) is 5.82 Å². The van der Waals surface area contributed by atoms with E-state index in [4.69, 9.17) is 9.97 Å². The van der Waals surface area contributed by atoms with Crippen molar-refractivity contribution in [3.05, 3.63) is 228 Å². The zero-order valence-electron chi connectivity index (χ0n) is 31.3.